The second-order valence-corrected chi connectivity index (χ2v) is 23.5. The van der Waals surface area contributed by atoms with Gasteiger partial charge >= 0.3 is 5.24 Å². The Balaban J connectivity index is 0.000000143. The van der Waals surface area contributed by atoms with Crippen LogP contribution in [0.15, 0.2) is 36.1 Å². The van der Waals surface area contributed by atoms with Crippen molar-refractivity contribution in [3.63, 3.8) is 0 Å². The predicted octanol–water partition coefficient (Wildman–Crippen LogP) is 11.0. The minimum absolute atomic E-state index is 0.0860. The minimum Gasteiger partial charge on any atom is -0.493 e. The van der Waals surface area contributed by atoms with Crippen LogP contribution in [0.25, 0.3) is 0 Å². The van der Waals surface area contributed by atoms with E-state index in [1.807, 2.05) is 32.0 Å². The van der Waals surface area contributed by atoms with E-state index in [9.17, 15) is 58.9 Å². The van der Waals surface area contributed by atoms with Gasteiger partial charge in [0, 0.05) is 61.4 Å². The number of methoxy groups -OCH3 is 2. The van der Waals surface area contributed by atoms with Gasteiger partial charge in [0.15, 0.2) is 41.0 Å². The fourth-order valence-corrected chi connectivity index (χ4v) is 14.7. The molecule has 10 aliphatic rings. The molecule has 0 unspecified atom stereocenters. The van der Waals surface area contributed by atoms with Crippen molar-refractivity contribution in [1.82, 2.24) is 9.80 Å². The summed E-state index contributed by atoms with van der Waals surface area (Å²) in [6.07, 6.45) is 9.00. The van der Waals surface area contributed by atoms with E-state index in [0.29, 0.717) is 61.1 Å². The van der Waals surface area contributed by atoms with Gasteiger partial charge in [0.2, 0.25) is 69.7 Å². The summed E-state index contributed by atoms with van der Waals surface area (Å²) in [7, 11) is 3.15. The number of likely N-dealkylation sites (tertiary alicyclic amines) is 2. The van der Waals surface area contributed by atoms with Crippen LogP contribution in [0, 0.1) is 70.0 Å². The number of Topliss-reactive ketones (excluding diaryl/α,β-unsaturated/α-hetero) is 1. The molecule has 4 bridgehead atoms. The van der Waals surface area contributed by atoms with Crippen LogP contribution in [-0.2, 0) is 33.2 Å². The SMILES string of the molecule is CC.COc1ccc2c3c1O[C@H]1C(=O)CC[C@@]4(O)[C@@H](C2)N(CC2CC2)CC[C@]314.COc1ccc2c3c1O[C@H]1C(OC(=S)Oc4c(F)c(F)c(F)c(F)c4F)=CC[C@@]4(O)[C@@H](C2)N(CC2CC2)CC[C@]314.Fc1c(F)c(F)c(OC(=S)Cl)c(F)c1F. The number of ketones is 1. The van der Waals surface area contributed by atoms with Gasteiger partial charge < -0.3 is 43.4 Å². The summed E-state index contributed by atoms with van der Waals surface area (Å²) in [5.74, 6) is -20.9. The largest absolute Gasteiger partial charge is 0.493 e. The van der Waals surface area contributed by atoms with Crippen LogP contribution in [-0.4, -0.2) is 111 Å². The molecular formula is C58H55ClF10N2O10S2. The van der Waals surface area contributed by atoms with Gasteiger partial charge in [-0.3, -0.25) is 14.6 Å². The van der Waals surface area contributed by atoms with E-state index in [4.69, 9.17) is 52.2 Å². The molecule has 4 aromatic carbocycles. The lowest BCUT2D eigenvalue weighted by molar-refractivity contribution is -0.188. The molecule has 446 valence electrons. The van der Waals surface area contributed by atoms with Crippen LogP contribution in [0.1, 0.15) is 93.9 Å². The maximum Gasteiger partial charge on any atom is 0.363 e. The average molecular weight is 1230 g/mol. The molecule has 5 fully saturated rings. The van der Waals surface area contributed by atoms with Crippen molar-refractivity contribution in [2.45, 2.75) is 131 Å². The number of hydrogen-bond donors (Lipinski definition) is 2. The fraction of sp³-hybridized carbons (Fsp3) is 0.500. The molecule has 0 amide bonds. The molecule has 4 heterocycles. The Morgan fingerprint density at radius 2 is 1.04 bits per heavy atom. The minimum atomic E-state index is -2.32. The highest BCUT2D eigenvalue weighted by Gasteiger charge is 2.74. The van der Waals surface area contributed by atoms with E-state index in [0.717, 1.165) is 55.1 Å². The average Bonchev–Trinajstić information content (AvgIpc) is 2.15. The van der Waals surface area contributed by atoms with E-state index in [-0.39, 0.29) is 30.0 Å². The summed E-state index contributed by atoms with van der Waals surface area (Å²) in [5, 5.41) is 23.7. The topological polar surface area (TPSA) is 129 Å². The van der Waals surface area contributed by atoms with Gasteiger partial charge in [-0.05, 0) is 136 Å². The number of benzene rings is 4. The molecule has 0 radical (unpaired) electrons. The third-order valence-electron chi connectivity index (χ3n) is 18.3. The van der Waals surface area contributed by atoms with Gasteiger partial charge in [-0.2, -0.15) is 17.6 Å². The highest BCUT2D eigenvalue weighted by molar-refractivity contribution is 7.82. The zero-order valence-corrected chi connectivity index (χ0v) is 47.4. The van der Waals surface area contributed by atoms with E-state index >= 15 is 0 Å². The molecule has 6 aliphatic carbocycles. The number of carbonyl (C=O) groups is 1. The number of rotatable bonds is 9. The number of thiocarbonyl (C=S) groups is 2. The molecule has 0 aromatic heterocycles. The van der Waals surface area contributed by atoms with Crippen LogP contribution in [0.3, 0.4) is 0 Å². The van der Waals surface area contributed by atoms with Crippen LogP contribution in [0.4, 0.5) is 43.9 Å². The zero-order valence-electron chi connectivity index (χ0n) is 45.0. The second-order valence-electron chi connectivity index (χ2n) is 22.2. The lowest BCUT2D eigenvalue weighted by Crippen LogP contribution is -2.76. The van der Waals surface area contributed by atoms with Gasteiger partial charge in [0.1, 0.15) is 5.76 Å². The van der Waals surface area contributed by atoms with Gasteiger partial charge in [0.25, 0.3) is 4.51 Å². The summed E-state index contributed by atoms with van der Waals surface area (Å²) in [5.41, 5.74) is 0.504. The van der Waals surface area contributed by atoms with Crippen molar-refractivity contribution in [2.24, 2.45) is 11.8 Å². The molecule has 2 spiro atoms. The van der Waals surface area contributed by atoms with Crippen molar-refractivity contribution in [1.29, 1.82) is 0 Å². The van der Waals surface area contributed by atoms with Crippen LogP contribution in [0.5, 0.6) is 34.5 Å². The van der Waals surface area contributed by atoms with E-state index in [1.165, 1.54) is 38.4 Å². The Kier molecular flexibility index (Phi) is 15.5. The number of halogens is 11. The molecule has 14 rings (SSSR count). The summed E-state index contributed by atoms with van der Waals surface area (Å²) in [4.78, 5) is 17.7. The van der Waals surface area contributed by atoms with Gasteiger partial charge in [-0.15, -0.1) is 0 Å². The molecule has 4 aliphatic heterocycles. The fourth-order valence-electron chi connectivity index (χ4n) is 14.4. The molecule has 2 N–H and O–H groups in total. The van der Waals surface area contributed by atoms with Crippen LogP contribution < -0.4 is 28.4 Å². The summed E-state index contributed by atoms with van der Waals surface area (Å²) < 4.78 is 170. The molecule has 25 heteroatoms. The molecular weight excluding hydrogens is 1170 g/mol. The lowest BCUT2D eigenvalue weighted by atomic mass is 9.49. The van der Waals surface area contributed by atoms with Crippen LogP contribution >= 0.6 is 36.0 Å². The highest BCUT2D eigenvalue weighted by atomic mass is 35.5. The summed E-state index contributed by atoms with van der Waals surface area (Å²) in [6.45, 7) is 7.63. The Morgan fingerprint density at radius 3 is 1.48 bits per heavy atom. The maximum atomic E-state index is 14.2. The Morgan fingerprint density at radius 1 is 0.614 bits per heavy atom. The normalized spacial score (nSPS) is 28.9. The standard InChI is InChI=1S/C28H24F5NO5S.C21H25NO4.C7ClF5OS.C2H6/c1-36-14-5-4-13-10-16-28(35)7-6-15(37-26(40)39-24-21(32)19(30)18(29)20(31)22(24)33)25-27(28,17(13)23(14)38-25)8-9-34(16)11-12-2-3-12;1-25-15-5-4-13-10-16-21(24)7-6-14(23)19-20(21,17(13)18(15)26-19)8-9-22(16)11-12-2-3-12;8-7(15)14-6-4(12)2(10)1(9)3(11)5(6)13;1-2/h4-6,12,16,25,35H,2-3,7-11H2,1H3;4-5,12,16,19,24H,2-3,6-11H2,1H3;;1-2H3/t16-,25+,27+,28-;16-,19+,20+,21-;;/m11../s1. The Labute approximate surface area is 485 Å². The predicted molar refractivity (Wildman–Crippen MR) is 285 cm³/mol. The molecule has 8 atom stereocenters. The smallest absolute Gasteiger partial charge is 0.363 e. The maximum absolute atomic E-state index is 14.2. The quantitative estimate of drug-likeness (QED) is 0.0542. The third kappa shape index (κ3) is 9.06. The number of piperidine rings is 2. The van der Waals surface area contributed by atoms with Crippen LogP contribution in [0.2, 0.25) is 0 Å². The number of hydrogen-bond acceptors (Lipinski definition) is 14. The number of nitrogens with zero attached hydrogens (tertiary/aromatic N) is 2. The first-order valence-electron chi connectivity index (χ1n) is 27.2. The number of ether oxygens (including phenoxy) is 7. The van der Waals surface area contributed by atoms with Crippen molar-refractivity contribution in [2.75, 3.05) is 40.4 Å². The van der Waals surface area contributed by atoms with E-state index < -0.39 is 114 Å². The van der Waals surface area contributed by atoms with Crippen molar-refractivity contribution in [3.05, 3.63) is 117 Å². The second kappa shape index (κ2) is 21.8. The summed E-state index contributed by atoms with van der Waals surface area (Å²) >= 11 is 14.0. The molecule has 3 saturated carbocycles. The zero-order chi connectivity index (χ0) is 59.6. The van der Waals surface area contributed by atoms with Gasteiger partial charge in [-0.25, -0.2) is 26.3 Å². The highest BCUT2D eigenvalue weighted by Crippen LogP contribution is 2.67. The first-order chi connectivity index (χ1) is 39.5. The molecule has 83 heavy (non-hydrogen) atoms. The summed E-state index contributed by atoms with van der Waals surface area (Å²) in [6, 6.07) is 7.77. The number of carbonyl (C=O) groups excluding carboxylic acids is 1. The van der Waals surface area contributed by atoms with Crippen molar-refractivity contribution >= 4 is 51.6 Å². The molecule has 12 nitrogen and oxygen atoms in total. The Hall–Kier alpha value is -5.50. The first kappa shape index (κ1) is 59.2. The van der Waals surface area contributed by atoms with Crippen molar-refractivity contribution in [3.8, 4) is 34.5 Å². The lowest BCUT2D eigenvalue weighted by Gasteiger charge is -2.62. The first-order valence-corrected chi connectivity index (χ1v) is 28.4. The molecule has 2 saturated heterocycles. The molecule has 4 aromatic rings. The Bertz CT molecular complexity index is 3350. The van der Waals surface area contributed by atoms with Crippen molar-refractivity contribution < 1.29 is 92.1 Å². The third-order valence-corrected chi connectivity index (χ3v) is 18.6. The van der Waals surface area contributed by atoms with E-state index in [2.05, 4.69) is 32.8 Å². The monoisotopic (exact) mass is 1230 g/mol. The van der Waals surface area contributed by atoms with Gasteiger partial charge in [-0.1, -0.05) is 26.0 Å². The van der Waals surface area contributed by atoms with E-state index in [1.54, 1.807) is 13.2 Å². The van der Waals surface area contributed by atoms with Gasteiger partial charge in [0.05, 0.1) is 36.3 Å². The number of aliphatic hydroxyl groups is 2.